The van der Waals surface area contributed by atoms with Gasteiger partial charge in [-0.25, -0.2) is 9.78 Å². The normalized spacial score (nSPS) is 19.9. The Kier molecular flexibility index (Phi) is 5.54. The number of likely N-dealkylation sites (N-methyl/N-ethyl adjacent to an activating group) is 1. The molecule has 0 N–H and O–H groups in total. The number of anilines is 1. The maximum absolute atomic E-state index is 12.5. The standard InChI is InChI=1S/C17H23N3O4/c1-11(21)9-13-6-7-14(16(22)19(2)3)20(13)15-8-5-12(10-18-15)17(23)24-4/h5,8,10,13-14H,6-7,9H2,1-4H3. The lowest BCUT2D eigenvalue weighted by Gasteiger charge is -2.31. The number of ketones is 1. The average Bonchev–Trinajstić information content (AvgIpc) is 2.96. The molecule has 1 aromatic rings. The van der Waals surface area contributed by atoms with Crippen molar-refractivity contribution in [1.29, 1.82) is 0 Å². The van der Waals surface area contributed by atoms with Gasteiger partial charge in [-0.05, 0) is 31.9 Å². The van der Waals surface area contributed by atoms with E-state index in [0.29, 0.717) is 24.2 Å². The number of esters is 1. The zero-order chi connectivity index (χ0) is 17.9. The third-order valence-electron chi connectivity index (χ3n) is 4.18. The number of nitrogens with zero attached hydrogens (tertiary/aromatic N) is 3. The van der Waals surface area contributed by atoms with Gasteiger partial charge in [0.05, 0.1) is 12.7 Å². The van der Waals surface area contributed by atoms with Crippen LogP contribution in [0.1, 0.15) is 36.5 Å². The van der Waals surface area contributed by atoms with E-state index in [1.54, 1.807) is 38.1 Å². The van der Waals surface area contributed by atoms with Crippen LogP contribution in [0.5, 0.6) is 0 Å². The maximum atomic E-state index is 12.5. The summed E-state index contributed by atoms with van der Waals surface area (Å²) >= 11 is 0. The first-order valence-corrected chi connectivity index (χ1v) is 7.88. The first-order chi connectivity index (χ1) is 11.3. The highest BCUT2D eigenvalue weighted by Crippen LogP contribution is 2.32. The van der Waals surface area contributed by atoms with E-state index in [0.717, 1.165) is 6.42 Å². The molecule has 1 aromatic heterocycles. The van der Waals surface area contributed by atoms with Crippen LogP contribution in [0.3, 0.4) is 0 Å². The number of pyridine rings is 1. The Balaban J connectivity index is 2.32. The van der Waals surface area contributed by atoms with Crippen LogP contribution >= 0.6 is 0 Å². The quantitative estimate of drug-likeness (QED) is 0.755. The van der Waals surface area contributed by atoms with Gasteiger partial charge in [-0.15, -0.1) is 0 Å². The van der Waals surface area contributed by atoms with E-state index in [-0.39, 0.29) is 23.8 Å². The van der Waals surface area contributed by atoms with Gasteiger partial charge in [0.25, 0.3) is 0 Å². The second-order valence-corrected chi connectivity index (χ2v) is 6.19. The lowest BCUT2D eigenvalue weighted by atomic mass is 10.1. The molecule has 0 bridgehead atoms. The summed E-state index contributed by atoms with van der Waals surface area (Å²) in [7, 11) is 4.74. The van der Waals surface area contributed by atoms with E-state index >= 15 is 0 Å². The van der Waals surface area contributed by atoms with Gasteiger partial charge in [0.15, 0.2) is 0 Å². The highest BCUT2D eigenvalue weighted by atomic mass is 16.5. The van der Waals surface area contributed by atoms with Crippen molar-refractivity contribution in [2.24, 2.45) is 0 Å². The second kappa shape index (κ2) is 7.42. The van der Waals surface area contributed by atoms with Gasteiger partial charge < -0.3 is 14.5 Å². The van der Waals surface area contributed by atoms with E-state index < -0.39 is 5.97 Å². The molecule has 1 aliphatic rings. The molecule has 0 saturated carbocycles. The lowest BCUT2D eigenvalue weighted by molar-refractivity contribution is -0.130. The molecular formula is C17H23N3O4. The smallest absolute Gasteiger partial charge is 0.339 e. The summed E-state index contributed by atoms with van der Waals surface area (Å²) in [4.78, 5) is 43.4. The van der Waals surface area contributed by atoms with Crippen molar-refractivity contribution in [1.82, 2.24) is 9.88 Å². The average molecular weight is 333 g/mol. The molecule has 7 nitrogen and oxygen atoms in total. The van der Waals surface area contributed by atoms with Crippen molar-refractivity contribution in [3.05, 3.63) is 23.9 Å². The summed E-state index contributed by atoms with van der Waals surface area (Å²) in [5.74, 6) is 0.192. The molecule has 7 heteroatoms. The Hall–Kier alpha value is -2.44. The number of ether oxygens (including phenoxy) is 1. The highest BCUT2D eigenvalue weighted by molar-refractivity contribution is 5.89. The van der Waals surface area contributed by atoms with Gasteiger partial charge >= 0.3 is 5.97 Å². The molecule has 0 radical (unpaired) electrons. The van der Waals surface area contributed by atoms with Crippen LogP contribution in [0.25, 0.3) is 0 Å². The van der Waals surface area contributed by atoms with E-state index in [1.165, 1.54) is 13.3 Å². The minimum absolute atomic E-state index is 0.0140. The number of aromatic nitrogens is 1. The molecule has 1 aliphatic heterocycles. The number of amides is 1. The van der Waals surface area contributed by atoms with Crippen LogP contribution in [0, 0.1) is 0 Å². The Morgan fingerprint density at radius 2 is 2.00 bits per heavy atom. The molecule has 1 amide bonds. The Bertz CT molecular complexity index is 627. The van der Waals surface area contributed by atoms with E-state index in [2.05, 4.69) is 9.72 Å². The molecule has 2 unspecified atom stereocenters. The van der Waals surface area contributed by atoms with Crippen LogP contribution in [-0.4, -0.2) is 60.8 Å². The monoisotopic (exact) mass is 333 g/mol. The van der Waals surface area contributed by atoms with Crippen molar-refractivity contribution in [3.8, 4) is 0 Å². The largest absolute Gasteiger partial charge is 0.465 e. The van der Waals surface area contributed by atoms with E-state index in [1.807, 2.05) is 4.90 Å². The molecule has 0 aromatic carbocycles. The SMILES string of the molecule is COC(=O)c1ccc(N2C(CC(C)=O)CCC2C(=O)N(C)C)nc1. The molecule has 1 saturated heterocycles. The first-order valence-electron chi connectivity index (χ1n) is 7.88. The number of carbonyl (C=O) groups is 3. The zero-order valence-electron chi connectivity index (χ0n) is 14.5. The number of hydrogen-bond acceptors (Lipinski definition) is 6. The molecule has 24 heavy (non-hydrogen) atoms. The number of hydrogen-bond donors (Lipinski definition) is 0. The topological polar surface area (TPSA) is 79.8 Å². The Labute approximate surface area is 141 Å². The van der Waals surface area contributed by atoms with Gasteiger partial charge in [-0.2, -0.15) is 0 Å². The van der Waals surface area contributed by atoms with Crippen LogP contribution in [0.15, 0.2) is 18.3 Å². The van der Waals surface area contributed by atoms with Gasteiger partial charge in [-0.3, -0.25) is 9.59 Å². The lowest BCUT2D eigenvalue weighted by Crippen LogP contribution is -2.46. The zero-order valence-corrected chi connectivity index (χ0v) is 14.5. The van der Waals surface area contributed by atoms with Crippen molar-refractivity contribution in [3.63, 3.8) is 0 Å². The molecule has 1 fully saturated rings. The van der Waals surface area contributed by atoms with Gasteiger partial charge in [-0.1, -0.05) is 0 Å². The minimum Gasteiger partial charge on any atom is -0.465 e. The highest BCUT2D eigenvalue weighted by Gasteiger charge is 2.39. The van der Waals surface area contributed by atoms with Crippen LogP contribution in [0.4, 0.5) is 5.82 Å². The molecular weight excluding hydrogens is 310 g/mol. The third kappa shape index (κ3) is 3.72. The fraction of sp³-hybridized carbons (Fsp3) is 0.529. The fourth-order valence-electron chi connectivity index (χ4n) is 3.08. The third-order valence-corrected chi connectivity index (χ3v) is 4.18. The van der Waals surface area contributed by atoms with Crippen molar-refractivity contribution in [2.45, 2.75) is 38.3 Å². The fourth-order valence-corrected chi connectivity index (χ4v) is 3.08. The predicted octanol–water partition coefficient (Wildman–Crippen LogP) is 1.27. The van der Waals surface area contributed by atoms with E-state index in [9.17, 15) is 14.4 Å². The Morgan fingerprint density at radius 1 is 1.29 bits per heavy atom. The molecule has 2 heterocycles. The van der Waals surface area contributed by atoms with Gasteiger partial charge in [0.2, 0.25) is 5.91 Å². The predicted molar refractivity (Wildman–Crippen MR) is 88.9 cm³/mol. The van der Waals surface area contributed by atoms with Crippen LogP contribution in [-0.2, 0) is 14.3 Å². The number of methoxy groups -OCH3 is 1. The number of Topliss-reactive ketones (excluding diaryl/α,β-unsaturated/α-hetero) is 1. The summed E-state index contributed by atoms with van der Waals surface area (Å²) in [5, 5.41) is 0. The summed E-state index contributed by atoms with van der Waals surface area (Å²) in [6.45, 7) is 1.55. The molecule has 2 atom stereocenters. The molecule has 130 valence electrons. The van der Waals surface area contributed by atoms with Crippen molar-refractivity contribution >= 4 is 23.5 Å². The molecule has 0 aliphatic carbocycles. The molecule has 2 rings (SSSR count). The summed E-state index contributed by atoms with van der Waals surface area (Å²) in [5.41, 5.74) is 0.346. The van der Waals surface area contributed by atoms with Gasteiger partial charge in [0, 0.05) is 32.8 Å². The van der Waals surface area contributed by atoms with Crippen LogP contribution < -0.4 is 4.90 Å². The van der Waals surface area contributed by atoms with Crippen LogP contribution in [0.2, 0.25) is 0 Å². The maximum Gasteiger partial charge on any atom is 0.339 e. The van der Waals surface area contributed by atoms with Gasteiger partial charge in [0.1, 0.15) is 17.6 Å². The summed E-state index contributed by atoms with van der Waals surface area (Å²) in [6, 6.07) is 2.91. The number of carbonyl (C=O) groups excluding carboxylic acids is 3. The molecule has 0 spiro atoms. The first kappa shape index (κ1) is 17.9. The summed E-state index contributed by atoms with van der Waals surface area (Å²) in [6.07, 6.45) is 3.23. The Morgan fingerprint density at radius 3 is 2.50 bits per heavy atom. The second-order valence-electron chi connectivity index (χ2n) is 6.19. The minimum atomic E-state index is -0.461. The van der Waals surface area contributed by atoms with Crippen molar-refractivity contribution in [2.75, 3.05) is 26.1 Å². The summed E-state index contributed by atoms with van der Waals surface area (Å²) < 4.78 is 4.67. The van der Waals surface area contributed by atoms with E-state index in [4.69, 9.17) is 0 Å². The van der Waals surface area contributed by atoms with Crippen molar-refractivity contribution < 1.29 is 19.1 Å². The number of rotatable bonds is 5.